The molecule has 0 aliphatic heterocycles. The lowest BCUT2D eigenvalue weighted by Crippen LogP contribution is -2.13. The Morgan fingerprint density at radius 1 is 0.508 bits per heavy atom. The van der Waals surface area contributed by atoms with Gasteiger partial charge in [-0.25, -0.2) is 14.4 Å². The molecule has 1 unspecified atom stereocenters. The number of carbonyl (C=O) groups excluding carboxylic acids is 4. The Hall–Kier alpha value is -7.84. The Morgan fingerprint density at radius 2 is 1.00 bits per heavy atom. The van der Waals surface area contributed by atoms with E-state index in [1.807, 2.05) is 38.1 Å². The minimum absolute atomic E-state index is 0.110. The summed E-state index contributed by atoms with van der Waals surface area (Å²) in [7, 11) is 7.20. The van der Waals surface area contributed by atoms with E-state index in [2.05, 4.69) is 5.32 Å². The second kappa shape index (κ2) is 20.1. The molecular formula is C49H45NO13. The molecule has 14 nitrogen and oxygen atoms in total. The van der Waals surface area contributed by atoms with Gasteiger partial charge in [0, 0.05) is 28.9 Å². The summed E-state index contributed by atoms with van der Waals surface area (Å²) in [6.07, 6.45) is -0.357. The molecule has 0 heterocycles. The van der Waals surface area contributed by atoms with Crippen LogP contribution in [0.4, 0.5) is 5.69 Å². The van der Waals surface area contributed by atoms with Crippen molar-refractivity contribution in [3.63, 3.8) is 0 Å². The zero-order valence-electron chi connectivity index (χ0n) is 35.6. The molecule has 0 saturated heterocycles. The number of carbonyl (C=O) groups is 4. The van der Waals surface area contributed by atoms with E-state index in [4.69, 9.17) is 37.9 Å². The predicted molar refractivity (Wildman–Crippen MR) is 233 cm³/mol. The second-order valence-electron chi connectivity index (χ2n) is 13.9. The van der Waals surface area contributed by atoms with Crippen LogP contribution in [0.25, 0.3) is 11.1 Å². The molecule has 0 fully saturated rings. The number of ether oxygens (including phenoxy) is 8. The van der Waals surface area contributed by atoms with Gasteiger partial charge in [0.2, 0.25) is 0 Å². The van der Waals surface area contributed by atoms with Gasteiger partial charge < -0.3 is 48.3 Å². The molecule has 324 valence electrons. The summed E-state index contributed by atoms with van der Waals surface area (Å²) in [4.78, 5) is 52.2. The van der Waals surface area contributed by atoms with E-state index in [9.17, 15) is 24.3 Å². The van der Waals surface area contributed by atoms with Crippen molar-refractivity contribution in [2.45, 2.75) is 26.4 Å². The maximum atomic E-state index is 13.1. The highest BCUT2D eigenvalue weighted by Gasteiger charge is 2.23. The highest BCUT2D eigenvalue weighted by molar-refractivity contribution is 6.04. The van der Waals surface area contributed by atoms with Crippen LogP contribution in [-0.4, -0.2) is 64.5 Å². The van der Waals surface area contributed by atoms with Gasteiger partial charge in [-0.15, -0.1) is 0 Å². The van der Waals surface area contributed by atoms with Gasteiger partial charge in [0.15, 0.2) is 11.5 Å². The summed E-state index contributed by atoms with van der Waals surface area (Å²) in [6, 6.07) is 30.7. The second-order valence-corrected chi connectivity index (χ2v) is 13.9. The summed E-state index contributed by atoms with van der Waals surface area (Å²) < 4.78 is 43.5. The molecule has 6 aromatic carbocycles. The molecule has 0 bridgehead atoms. The van der Waals surface area contributed by atoms with Crippen LogP contribution in [0.2, 0.25) is 0 Å². The minimum atomic E-state index is -0.800. The van der Waals surface area contributed by atoms with Gasteiger partial charge in [-0.2, -0.15) is 0 Å². The van der Waals surface area contributed by atoms with Gasteiger partial charge >= 0.3 is 17.9 Å². The summed E-state index contributed by atoms with van der Waals surface area (Å²) in [6.45, 7) is 3.64. The van der Waals surface area contributed by atoms with E-state index in [1.165, 1.54) is 102 Å². The minimum Gasteiger partial charge on any atom is -0.496 e. The standard InChI is InChI=1S/C49H45NO13/c1-8-39(51)36-24-42(57-4)37(25-41(36)56-3)48(54)61-34-18-11-30(12-19-34)46(52)50-33-16-9-29(10-17-33)32-15-22-40(28(2)23-32)63-47(53)31-13-20-35(21-14-31)62-49(55)38-26-44(59-6)45(60-7)27-43(38)58-5/h9-27,39,51H,8H2,1-7H3,(H,50,52). The van der Waals surface area contributed by atoms with Gasteiger partial charge in [-0.1, -0.05) is 25.1 Å². The number of hydrogen-bond donors (Lipinski definition) is 2. The molecule has 6 aromatic rings. The SMILES string of the molecule is CCC(O)c1cc(OC)c(C(=O)Oc2ccc(C(=O)Nc3ccc(-c4ccc(OC(=O)c5ccc(OC(=O)c6cc(OC)c(OC)cc6OC)cc5)c(C)c4)cc3)cc2)cc1OC. The van der Waals surface area contributed by atoms with E-state index in [0.717, 1.165) is 11.1 Å². The van der Waals surface area contributed by atoms with Crippen LogP contribution in [0, 0.1) is 6.92 Å². The summed E-state index contributed by atoms with van der Waals surface area (Å²) >= 11 is 0. The van der Waals surface area contributed by atoms with Crippen molar-refractivity contribution in [1.29, 1.82) is 0 Å². The fourth-order valence-corrected chi connectivity index (χ4v) is 6.46. The van der Waals surface area contributed by atoms with Gasteiger partial charge in [0.1, 0.15) is 45.6 Å². The first kappa shape index (κ1) is 44.7. The number of benzene rings is 6. The van der Waals surface area contributed by atoms with Crippen LogP contribution in [0.1, 0.15) is 72.0 Å². The number of amides is 1. The maximum absolute atomic E-state index is 13.1. The Labute approximate surface area is 363 Å². The first-order chi connectivity index (χ1) is 30.4. The number of nitrogens with one attached hydrogen (secondary N) is 1. The molecule has 0 aliphatic rings. The first-order valence-electron chi connectivity index (χ1n) is 19.5. The quantitative estimate of drug-likeness (QED) is 0.0698. The maximum Gasteiger partial charge on any atom is 0.347 e. The number of methoxy groups -OCH3 is 5. The molecule has 63 heavy (non-hydrogen) atoms. The smallest absolute Gasteiger partial charge is 0.347 e. The van der Waals surface area contributed by atoms with E-state index < -0.39 is 24.0 Å². The number of aryl methyl sites for hydroxylation is 1. The molecule has 0 aliphatic carbocycles. The molecule has 14 heteroatoms. The van der Waals surface area contributed by atoms with E-state index in [1.54, 1.807) is 24.3 Å². The highest BCUT2D eigenvalue weighted by Crippen LogP contribution is 2.37. The number of hydrogen-bond acceptors (Lipinski definition) is 13. The Bertz CT molecular complexity index is 2620. The Morgan fingerprint density at radius 3 is 1.52 bits per heavy atom. The lowest BCUT2D eigenvalue weighted by atomic mass is 10.0. The van der Waals surface area contributed by atoms with Crippen LogP contribution in [0.5, 0.6) is 46.0 Å². The van der Waals surface area contributed by atoms with Gasteiger partial charge in [-0.3, -0.25) is 4.79 Å². The average Bonchev–Trinajstić information content (AvgIpc) is 3.31. The van der Waals surface area contributed by atoms with Crippen molar-refractivity contribution in [1.82, 2.24) is 0 Å². The van der Waals surface area contributed by atoms with Crippen LogP contribution in [-0.2, 0) is 0 Å². The number of aliphatic hydroxyl groups excluding tert-OH is 1. The van der Waals surface area contributed by atoms with Gasteiger partial charge in [-0.05, 0) is 115 Å². The van der Waals surface area contributed by atoms with Crippen LogP contribution < -0.4 is 43.2 Å². The average molecular weight is 856 g/mol. The normalized spacial score (nSPS) is 11.1. The summed E-state index contributed by atoms with van der Waals surface area (Å²) in [5.74, 6) is -0.0912. The largest absolute Gasteiger partial charge is 0.496 e. The first-order valence-corrected chi connectivity index (χ1v) is 19.5. The van der Waals surface area contributed by atoms with Gasteiger partial charge in [0.25, 0.3) is 5.91 Å². The fourth-order valence-electron chi connectivity index (χ4n) is 6.46. The third kappa shape index (κ3) is 10.4. The van der Waals surface area contributed by atoms with Crippen LogP contribution >= 0.6 is 0 Å². The number of rotatable bonds is 16. The molecule has 1 amide bonds. The van der Waals surface area contributed by atoms with Crippen molar-refractivity contribution in [2.75, 3.05) is 40.9 Å². The predicted octanol–water partition coefficient (Wildman–Crippen LogP) is 9.06. The molecule has 0 saturated carbocycles. The van der Waals surface area contributed by atoms with Crippen molar-refractivity contribution in [2.24, 2.45) is 0 Å². The van der Waals surface area contributed by atoms with E-state index in [0.29, 0.717) is 51.8 Å². The molecular weight excluding hydrogens is 811 g/mol. The van der Waals surface area contributed by atoms with Crippen molar-refractivity contribution >= 4 is 29.5 Å². The zero-order chi connectivity index (χ0) is 45.2. The topological polar surface area (TPSA) is 174 Å². The van der Waals surface area contributed by atoms with E-state index >= 15 is 0 Å². The number of anilines is 1. The zero-order valence-corrected chi connectivity index (χ0v) is 35.6. The Kier molecular flexibility index (Phi) is 14.3. The molecule has 6 rings (SSSR count). The van der Waals surface area contributed by atoms with Crippen LogP contribution in [0.15, 0.2) is 115 Å². The molecule has 0 radical (unpaired) electrons. The lowest BCUT2D eigenvalue weighted by Gasteiger charge is -2.17. The van der Waals surface area contributed by atoms with Gasteiger partial charge in [0.05, 0.1) is 47.2 Å². The fraction of sp³-hybridized carbons (Fsp3) is 0.184. The third-order valence-corrected chi connectivity index (χ3v) is 9.92. The monoisotopic (exact) mass is 855 g/mol. The third-order valence-electron chi connectivity index (χ3n) is 9.92. The Balaban J connectivity index is 1.03. The molecule has 0 aromatic heterocycles. The van der Waals surface area contributed by atoms with Crippen molar-refractivity contribution in [3.8, 4) is 57.1 Å². The van der Waals surface area contributed by atoms with E-state index in [-0.39, 0.29) is 45.6 Å². The lowest BCUT2D eigenvalue weighted by molar-refractivity contribution is 0.0719. The molecule has 0 spiro atoms. The molecule has 1 atom stereocenters. The number of aliphatic hydroxyl groups is 1. The van der Waals surface area contributed by atoms with Crippen LogP contribution in [0.3, 0.4) is 0 Å². The summed E-state index contributed by atoms with van der Waals surface area (Å²) in [5, 5.41) is 13.2. The highest BCUT2D eigenvalue weighted by atomic mass is 16.6. The number of esters is 3. The van der Waals surface area contributed by atoms with Crippen molar-refractivity contribution in [3.05, 3.63) is 149 Å². The summed E-state index contributed by atoms with van der Waals surface area (Å²) in [5.41, 5.74) is 4.30. The molecule has 2 N–H and O–H groups in total. The van der Waals surface area contributed by atoms with Crippen molar-refractivity contribution < 1.29 is 62.2 Å².